The highest BCUT2D eigenvalue weighted by Crippen LogP contribution is 2.29. The molecule has 1 saturated heterocycles. The van der Waals surface area contributed by atoms with Crippen LogP contribution in [0.3, 0.4) is 0 Å². The highest BCUT2D eigenvalue weighted by atomic mass is 16.6. The molecule has 1 aliphatic heterocycles. The molecular formula is C14H20N4O4. The maximum atomic E-state index is 11.5. The van der Waals surface area contributed by atoms with E-state index in [9.17, 15) is 14.9 Å². The molecule has 0 aromatic carbocycles. The van der Waals surface area contributed by atoms with Crippen molar-refractivity contribution in [2.24, 2.45) is 0 Å². The first-order chi connectivity index (χ1) is 10.4. The predicted octanol–water partition coefficient (Wildman–Crippen LogP) is 1.31. The molecule has 8 heteroatoms. The number of nitrogens with zero attached hydrogens (tertiary/aromatic N) is 4. The lowest BCUT2D eigenvalue weighted by Crippen LogP contribution is -2.42. The number of carbonyl (C=O) groups excluding carboxylic acids is 1. The molecule has 0 radical (unpaired) electrons. The molecule has 120 valence electrons. The second kappa shape index (κ2) is 6.69. The van der Waals surface area contributed by atoms with Crippen LogP contribution in [0.5, 0.6) is 0 Å². The van der Waals surface area contributed by atoms with Gasteiger partial charge in [0, 0.05) is 31.4 Å². The third-order valence-electron chi connectivity index (χ3n) is 3.96. The van der Waals surface area contributed by atoms with Crippen LogP contribution in [0, 0.1) is 10.1 Å². The Bertz CT molecular complexity index is 568. The van der Waals surface area contributed by atoms with Crippen LogP contribution in [0.4, 0.5) is 11.5 Å². The number of pyridine rings is 1. The average Bonchev–Trinajstić information content (AvgIpc) is 2.53. The highest BCUT2D eigenvalue weighted by Gasteiger charge is 2.28. The second-order valence-corrected chi connectivity index (χ2v) is 5.50. The van der Waals surface area contributed by atoms with Crippen LogP contribution in [0.15, 0.2) is 12.3 Å². The minimum atomic E-state index is -0.631. The third-order valence-corrected chi connectivity index (χ3v) is 3.96. The molecule has 0 amide bonds. The van der Waals surface area contributed by atoms with Crippen molar-refractivity contribution in [2.45, 2.75) is 18.9 Å². The second-order valence-electron chi connectivity index (χ2n) is 5.50. The zero-order chi connectivity index (χ0) is 16.3. The van der Waals surface area contributed by atoms with Crippen molar-refractivity contribution in [2.75, 3.05) is 39.2 Å². The van der Waals surface area contributed by atoms with Crippen LogP contribution in [0.25, 0.3) is 0 Å². The molecule has 22 heavy (non-hydrogen) atoms. The zero-order valence-corrected chi connectivity index (χ0v) is 13.0. The van der Waals surface area contributed by atoms with Gasteiger partial charge in [0.05, 0.1) is 17.6 Å². The van der Waals surface area contributed by atoms with Crippen molar-refractivity contribution >= 4 is 17.5 Å². The summed E-state index contributed by atoms with van der Waals surface area (Å²) in [6.07, 6.45) is 3.17. The summed E-state index contributed by atoms with van der Waals surface area (Å²) in [5.74, 6) is -0.316. The van der Waals surface area contributed by atoms with Gasteiger partial charge in [-0.05, 0) is 26.9 Å². The SMILES string of the molecule is COC(=O)c1cnc(N2CCC(N(C)C)CC2)c([N+](=O)[O-])c1. The molecule has 1 fully saturated rings. The van der Waals surface area contributed by atoms with E-state index in [1.54, 1.807) is 0 Å². The number of carbonyl (C=O) groups is 1. The van der Waals surface area contributed by atoms with E-state index >= 15 is 0 Å². The summed E-state index contributed by atoms with van der Waals surface area (Å²) < 4.78 is 4.58. The number of methoxy groups -OCH3 is 1. The summed E-state index contributed by atoms with van der Waals surface area (Å²) in [7, 11) is 5.30. The number of rotatable bonds is 4. The van der Waals surface area contributed by atoms with Gasteiger partial charge in [-0.25, -0.2) is 9.78 Å². The number of hydrogen-bond acceptors (Lipinski definition) is 7. The first-order valence-electron chi connectivity index (χ1n) is 7.08. The van der Waals surface area contributed by atoms with Gasteiger partial charge >= 0.3 is 11.7 Å². The number of hydrogen-bond donors (Lipinski definition) is 0. The Balaban J connectivity index is 2.24. The van der Waals surface area contributed by atoms with Gasteiger partial charge < -0.3 is 14.5 Å². The van der Waals surface area contributed by atoms with Gasteiger partial charge in [-0.1, -0.05) is 0 Å². The number of piperidine rings is 1. The lowest BCUT2D eigenvalue weighted by atomic mass is 10.0. The van der Waals surface area contributed by atoms with E-state index in [1.165, 1.54) is 19.4 Å². The van der Waals surface area contributed by atoms with Gasteiger partial charge in [0.1, 0.15) is 0 Å². The summed E-state index contributed by atoms with van der Waals surface area (Å²) in [6, 6.07) is 1.70. The van der Waals surface area contributed by atoms with Gasteiger partial charge in [0.15, 0.2) is 0 Å². The zero-order valence-electron chi connectivity index (χ0n) is 13.0. The molecule has 0 atom stereocenters. The number of anilines is 1. The smallest absolute Gasteiger partial charge is 0.339 e. The Morgan fingerprint density at radius 3 is 2.59 bits per heavy atom. The van der Waals surface area contributed by atoms with E-state index in [-0.39, 0.29) is 11.3 Å². The van der Waals surface area contributed by atoms with Crippen LogP contribution in [0.1, 0.15) is 23.2 Å². The molecule has 0 aliphatic carbocycles. The summed E-state index contributed by atoms with van der Waals surface area (Å²) in [4.78, 5) is 30.5. The molecule has 1 aromatic rings. The lowest BCUT2D eigenvalue weighted by Gasteiger charge is -2.35. The van der Waals surface area contributed by atoms with Gasteiger partial charge in [-0.3, -0.25) is 10.1 Å². The quantitative estimate of drug-likeness (QED) is 0.470. The third kappa shape index (κ3) is 3.33. The fourth-order valence-electron chi connectivity index (χ4n) is 2.65. The maximum Gasteiger partial charge on any atom is 0.339 e. The van der Waals surface area contributed by atoms with E-state index in [0.717, 1.165) is 12.8 Å². The summed E-state index contributed by atoms with van der Waals surface area (Å²) >= 11 is 0. The fourth-order valence-corrected chi connectivity index (χ4v) is 2.65. The van der Waals surface area contributed by atoms with Crippen LogP contribution in [-0.4, -0.2) is 61.1 Å². The van der Waals surface area contributed by atoms with E-state index in [0.29, 0.717) is 24.9 Å². The minimum Gasteiger partial charge on any atom is -0.465 e. The Morgan fingerprint density at radius 1 is 1.45 bits per heavy atom. The van der Waals surface area contributed by atoms with E-state index in [4.69, 9.17) is 0 Å². The molecule has 8 nitrogen and oxygen atoms in total. The van der Waals surface area contributed by atoms with Crippen LogP contribution < -0.4 is 4.90 Å². The molecular weight excluding hydrogens is 288 g/mol. The molecule has 1 aliphatic rings. The van der Waals surface area contributed by atoms with Crippen molar-refractivity contribution < 1.29 is 14.5 Å². The Morgan fingerprint density at radius 2 is 2.09 bits per heavy atom. The number of aromatic nitrogens is 1. The molecule has 0 unspecified atom stereocenters. The predicted molar refractivity (Wildman–Crippen MR) is 81.2 cm³/mol. The van der Waals surface area contributed by atoms with E-state index < -0.39 is 10.9 Å². The first-order valence-corrected chi connectivity index (χ1v) is 7.08. The Kier molecular flexibility index (Phi) is 4.92. The average molecular weight is 308 g/mol. The number of ether oxygens (including phenoxy) is 1. The first kappa shape index (κ1) is 16.2. The fraction of sp³-hybridized carbons (Fsp3) is 0.571. The van der Waals surface area contributed by atoms with E-state index in [2.05, 4.69) is 14.6 Å². The molecule has 0 spiro atoms. The number of esters is 1. The van der Waals surface area contributed by atoms with E-state index in [1.807, 2.05) is 19.0 Å². The minimum absolute atomic E-state index is 0.0844. The normalized spacial score (nSPS) is 15.9. The van der Waals surface area contributed by atoms with Crippen molar-refractivity contribution in [3.05, 3.63) is 27.9 Å². The lowest BCUT2D eigenvalue weighted by molar-refractivity contribution is -0.384. The molecule has 2 heterocycles. The van der Waals surface area contributed by atoms with Crippen LogP contribution in [-0.2, 0) is 4.74 Å². The standard InChI is InChI=1S/C14H20N4O4/c1-16(2)11-4-6-17(7-5-11)13-12(18(20)21)8-10(9-15-13)14(19)22-3/h8-9,11H,4-7H2,1-3H3. The largest absolute Gasteiger partial charge is 0.465 e. The van der Waals surface area contributed by atoms with Crippen molar-refractivity contribution in [1.82, 2.24) is 9.88 Å². The molecule has 0 N–H and O–H groups in total. The number of nitro groups is 1. The molecule has 0 bridgehead atoms. The monoisotopic (exact) mass is 308 g/mol. The summed E-state index contributed by atoms with van der Waals surface area (Å²) in [6.45, 7) is 1.41. The topological polar surface area (TPSA) is 88.8 Å². The van der Waals surface area contributed by atoms with Crippen LogP contribution in [0.2, 0.25) is 0 Å². The van der Waals surface area contributed by atoms with Crippen LogP contribution >= 0.6 is 0 Å². The van der Waals surface area contributed by atoms with Gasteiger partial charge in [-0.15, -0.1) is 0 Å². The Labute approximate surface area is 128 Å². The summed E-state index contributed by atoms with van der Waals surface area (Å²) in [5.41, 5.74) is -0.0765. The molecule has 2 rings (SSSR count). The van der Waals surface area contributed by atoms with Gasteiger partial charge in [0.25, 0.3) is 0 Å². The molecule has 0 saturated carbocycles. The molecule has 1 aromatic heterocycles. The highest BCUT2D eigenvalue weighted by molar-refractivity contribution is 5.90. The van der Waals surface area contributed by atoms with Crippen molar-refractivity contribution in [1.29, 1.82) is 0 Å². The van der Waals surface area contributed by atoms with Crippen molar-refractivity contribution in [3.8, 4) is 0 Å². The Hall–Kier alpha value is -2.22. The van der Waals surface area contributed by atoms with Gasteiger partial charge in [0.2, 0.25) is 5.82 Å². The maximum absolute atomic E-state index is 11.5. The van der Waals surface area contributed by atoms with Crippen molar-refractivity contribution in [3.63, 3.8) is 0 Å². The summed E-state index contributed by atoms with van der Waals surface area (Å²) in [5, 5.41) is 11.3. The van der Waals surface area contributed by atoms with Gasteiger partial charge in [-0.2, -0.15) is 0 Å².